The molecule has 0 atom stereocenters. The van der Waals surface area contributed by atoms with Gasteiger partial charge in [-0.2, -0.15) is 0 Å². The topological polar surface area (TPSA) is 92.2 Å². The van der Waals surface area contributed by atoms with E-state index in [2.05, 4.69) is 20.6 Å². The molecule has 9 heteroatoms. The molecule has 4 rings (SSSR count). The summed E-state index contributed by atoms with van der Waals surface area (Å²) in [7, 11) is 0. The van der Waals surface area contributed by atoms with E-state index in [1.165, 1.54) is 6.20 Å². The van der Waals surface area contributed by atoms with Gasteiger partial charge in [-0.3, -0.25) is 9.59 Å². The third kappa shape index (κ3) is 4.13. The third-order valence-electron chi connectivity index (χ3n) is 4.95. The average molecular weight is 425 g/mol. The molecule has 2 amide bonds. The Bertz CT molecular complexity index is 1080. The number of anilines is 2. The van der Waals surface area contributed by atoms with Crippen molar-refractivity contribution in [3.63, 3.8) is 0 Å². The van der Waals surface area contributed by atoms with Gasteiger partial charge < -0.3 is 20.1 Å². The highest BCUT2D eigenvalue weighted by Gasteiger charge is 2.26. The highest BCUT2D eigenvalue weighted by Crippen LogP contribution is 2.30. The van der Waals surface area contributed by atoms with Crippen LogP contribution in [0.2, 0.25) is 5.02 Å². The van der Waals surface area contributed by atoms with E-state index in [1.54, 1.807) is 35.6 Å². The summed E-state index contributed by atoms with van der Waals surface area (Å²) in [6.07, 6.45) is 4.97. The Morgan fingerprint density at radius 1 is 1.27 bits per heavy atom. The zero-order valence-corrected chi connectivity index (χ0v) is 17.2. The normalized spacial score (nSPS) is 13.0. The highest BCUT2D eigenvalue weighted by molar-refractivity contribution is 6.30. The largest absolute Gasteiger partial charge is 0.359 e. The second-order valence-electron chi connectivity index (χ2n) is 6.91. The molecule has 154 valence electrons. The van der Waals surface area contributed by atoms with Crippen molar-refractivity contribution in [2.75, 3.05) is 16.8 Å². The van der Waals surface area contributed by atoms with E-state index in [9.17, 15) is 9.59 Å². The fourth-order valence-corrected chi connectivity index (χ4v) is 3.43. The molecule has 1 aromatic carbocycles. The number of imidazole rings is 1. The number of halogens is 1. The summed E-state index contributed by atoms with van der Waals surface area (Å²) in [5.41, 5.74) is 2.81. The van der Waals surface area contributed by atoms with E-state index < -0.39 is 0 Å². The molecular formula is C21H21ClN6O2. The van der Waals surface area contributed by atoms with Crippen molar-refractivity contribution < 1.29 is 9.59 Å². The molecule has 0 radical (unpaired) electrons. The Morgan fingerprint density at radius 3 is 2.83 bits per heavy atom. The number of carbonyl (C=O) groups is 2. The number of amides is 2. The van der Waals surface area contributed by atoms with E-state index in [0.717, 1.165) is 17.8 Å². The van der Waals surface area contributed by atoms with E-state index in [0.29, 0.717) is 35.2 Å². The predicted molar refractivity (Wildman–Crippen MR) is 114 cm³/mol. The summed E-state index contributed by atoms with van der Waals surface area (Å²) in [4.78, 5) is 35.3. The summed E-state index contributed by atoms with van der Waals surface area (Å²) in [5.74, 6) is 0.214. The zero-order valence-electron chi connectivity index (χ0n) is 16.4. The van der Waals surface area contributed by atoms with Crippen LogP contribution >= 0.6 is 11.6 Å². The van der Waals surface area contributed by atoms with Gasteiger partial charge in [0.1, 0.15) is 0 Å². The Hall–Kier alpha value is -3.39. The minimum atomic E-state index is -0.265. The molecular weight excluding hydrogens is 404 g/mol. The van der Waals surface area contributed by atoms with E-state index in [-0.39, 0.29) is 18.4 Å². The summed E-state index contributed by atoms with van der Waals surface area (Å²) >= 11 is 5.96. The quantitative estimate of drug-likeness (QED) is 0.634. The lowest BCUT2D eigenvalue weighted by molar-refractivity contribution is -0.117. The van der Waals surface area contributed by atoms with Crippen LogP contribution in [-0.2, 0) is 24.4 Å². The van der Waals surface area contributed by atoms with Gasteiger partial charge in [-0.25, -0.2) is 9.97 Å². The number of pyridine rings is 1. The van der Waals surface area contributed by atoms with Gasteiger partial charge in [-0.1, -0.05) is 23.7 Å². The number of benzene rings is 1. The Kier molecular flexibility index (Phi) is 5.67. The second kappa shape index (κ2) is 8.54. The van der Waals surface area contributed by atoms with Gasteiger partial charge in [0.2, 0.25) is 5.91 Å². The minimum absolute atomic E-state index is 0.0938. The summed E-state index contributed by atoms with van der Waals surface area (Å²) in [6, 6.07) is 9.01. The fourth-order valence-electron chi connectivity index (χ4n) is 3.31. The first-order valence-corrected chi connectivity index (χ1v) is 9.99. The SMILES string of the molecule is CCn1cncc1CNC(=O)c1cnc2c(c1)N(Cc1ccc(Cl)cc1)C(=O)CN2. The molecule has 0 aliphatic carbocycles. The number of hydrogen-bond donors (Lipinski definition) is 2. The van der Waals surface area contributed by atoms with Gasteiger partial charge in [0.05, 0.1) is 42.9 Å². The van der Waals surface area contributed by atoms with Crippen molar-refractivity contribution in [3.05, 3.63) is 70.9 Å². The Morgan fingerprint density at radius 2 is 2.07 bits per heavy atom. The molecule has 8 nitrogen and oxygen atoms in total. The molecule has 0 saturated carbocycles. The number of aromatic nitrogens is 3. The number of nitrogens with one attached hydrogen (secondary N) is 2. The number of rotatable bonds is 6. The molecule has 0 unspecified atom stereocenters. The molecule has 3 heterocycles. The van der Waals surface area contributed by atoms with Crippen LogP contribution in [0, 0.1) is 0 Å². The van der Waals surface area contributed by atoms with Gasteiger partial charge in [0.15, 0.2) is 5.82 Å². The first-order valence-electron chi connectivity index (χ1n) is 9.61. The smallest absolute Gasteiger partial charge is 0.253 e. The molecule has 2 aromatic heterocycles. The highest BCUT2D eigenvalue weighted by atomic mass is 35.5. The van der Waals surface area contributed by atoms with Crippen LogP contribution in [0.3, 0.4) is 0 Å². The third-order valence-corrected chi connectivity index (χ3v) is 5.20. The van der Waals surface area contributed by atoms with Crippen molar-refractivity contribution >= 4 is 34.9 Å². The number of carbonyl (C=O) groups excluding carboxylic acids is 2. The molecule has 1 aliphatic rings. The lowest BCUT2D eigenvalue weighted by Crippen LogP contribution is -2.40. The molecule has 3 aromatic rings. The molecule has 0 bridgehead atoms. The standard InChI is InChI=1S/C21H21ClN6O2/c1-2-27-13-23-9-17(27)10-26-21(30)15-7-18-20(24-8-15)25-11-19(29)28(18)12-14-3-5-16(22)6-4-14/h3-9,13H,2,10-12H2,1H3,(H,24,25)(H,26,30). The maximum atomic E-state index is 12.7. The monoisotopic (exact) mass is 424 g/mol. The van der Waals surface area contributed by atoms with Crippen LogP contribution in [0.15, 0.2) is 49.1 Å². The van der Waals surface area contributed by atoms with Crippen LogP contribution in [0.4, 0.5) is 11.5 Å². The van der Waals surface area contributed by atoms with Crippen LogP contribution in [-0.4, -0.2) is 32.9 Å². The number of nitrogens with zero attached hydrogens (tertiary/aromatic N) is 4. The van der Waals surface area contributed by atoms with Crippen LogP contribution < -0.4 is 15.5 Å². The van der Waals surface area contributed by atoms with Gasteiger partial charge in [-0.15, -0.1) is 0 Å². The number of aryl methyl sites for hydroxylation is 1. The van der Waals surface area contributed by atoms with Crippen molar-refractivity contribution in [2.45, 2.75) is 26.6 Å². The summed E-state index contributed by atoms with van der Waals surface area (Å²) < 4.78 is 1.96. The Balaban J connectivity index is 1.54. The summed E-state index contributed by atoms with van der Waals surface area (Å²) in [6.45, 7) is 3.67. The van der Waals surface area contributed by atoms with Crippen molar-refractivity contribution in [3.8, 4) is 0 Å². The molecule has 0 fully saturated rings. The molecule has 2 N–H and O–H groups in total. The lowest BCUT2D eigenvalue weighted by atomic mass is 10.1. The lowest BCUT2D eigenvalue weighted by Gasteiger charge is -2.29. The van der Waals surface area contributed by atoms with E-state index in [4.69, 9.17) is 11.6 Å². The van der Waals surface area contributed by atoms with Crippen LogP contribution in [0.1, 0.15) is 28.5 Å². The average Bonchev–Trinajstić information content (AvgIpc) is 3.22. The van der Waals surface area contributed by atoms with Crippen LogP contribution in [0.5, 0.6) is 0 Å². The maximum absolute atomic E-state index is 12.7. The zero-order chi connectivity index (χ0) is 21.1. The minimum Gasteiger partial charge on any atom is -0.359 e. The molecule has 30 heavy (non-hydrogen) atoms. The van der Waals surface area contributed by atoms with Gasteiger partial charge in [0.25, 0.3) is 5.91 Å². The first kappa shape index (κ1) is 19.9. The predicted octanol–water partition coefficient (Wildman–Crippen LogP) is 2.84. The maximum Gasteiger partial charge on any atom is 0.253 e. The van der Waals surface area contributed by atoms with Crippen molar-refractivity contribution in [2.24, 2.45) is 0 Å². The number of fused-ring (bicyclic) bond motifs is 1. The second-order valence-corrected chi connectivity index (χ2v) is 7.34. The van der Waals surface area contributed by atoms with Gasteiger partial charge >= 0.3 is 0 Å². The molecule has 0 saturated heterocycles. The first-order chi connectivity index (χ1) is 14.5. The van der Waals surface area contributed by atoms with E-state index >= 15 is 0 Å². The van der Waals surface area contributed by atoms with Crippen LogP contribution in [0.25, 0.3) is 0 Å². The van der Waals surface area contributed by atoms with Crippen molar-refractivity contribution in [1.82, 2.24) is 19.9 Å². The van der Waals surface area contributed by atoms with E-state index in [1.807, 2.05) is 23.6 Å². The summed E-state index contributed by atoms with van der Waals surface area (Å²) in [5, 5.41) is 6.53. The molecule has 1 aliphatic heterocycles. The fraction of sp³-hybridized carbons (Fsp3) is 0.238. The molecule has 0 spiro atoms. The number of hydrogen-bond acceptors (Lipinski definition) is 5. The van der Waals surface area contributed by atoms with Crippen molar-refractivity contribution in [1.29, 1.82) is 0 Å². The Labute approximate surface area is 178 Å². The van der Waals surface area contributed by atoms with Gasteiger partial charge in [0, 0.05) is 24.0 Å². The van der Waals surface area contributed by atoms with Gasteiger partial charge in [-0.05, 0) is 30.7 Å².